The maximum atomic E-state index is 12.3. The minimum absolute atomic E-state index is 0.193. The van der Waals surface area contributed by atoms with Gasteiger partial charge in [-0.3, -0.25) is 0 Å². The molecule has 1 spiro atoms. The van der Waals surface area contributed by atoms with E-state index in [-0.39, 0.29) is 5.57 Å². The highest BCUT2D eigenvalue weighted by Gasteiger charge is 2.48. The van der Waals surface area contributed by atoms with Gasteiger partial charge in [0.05, 0.1) is 12.2 Å². The van der Waals surface area contributed by atoms with Gasteiger partial charge in [0.2, 0.25) is 0 Å². The van der Waals surface area contributed by atoms with Crippen molar-refractivity contribution in [2.24, 2.45) is 0 Å². The van der Waals surface area contributed by atoms with Crippen LogP contribution in [0.3, 0.4) is 0 Å². The normalized spacial score (nSPS) is 17.8. The third kappa shape index (κ3) is 3.81. The summed E-state index contributed by atoms with van der Waals surface area (Å²) in [5.41, 5.74) is 0.987. The molecule has 1 aromatic carbocycles. The van der Waals surface area contributed by atoms with Gasteiger partial charge in [-0.05, 0) is 44.0 Å². The molecule has 1 aliphatic carbocycles. The second-order valence-corrected chi connectivity index (χ2v) is 6.95. The maximum Gasteiger partial charge on any atom is 0.349 e. The molecular formula is C22H20O7. The van der Waals surface area contributed by atoms with E-state index >= 15 is 0 Å². The summed E-state index contributed by atoms with van der Waals surface area (Å²) in [5, 5.41) is 0. The van der Waals surface area contributed by atoms with E-state index < -0.39 is 23.7 Å². The van der Waals surface area contributed by atoms with Gasteiger partial charge in [0.1, 0.15) is 17.1 Å². The first-order valence-corrected chi connectivity index (χ1v) is 9.55. The lowest BCUT2D eigenvalue weighted by Crippen LogP contribution is -2.44. The van der Waals surface area contributed by atoms with Crippen molar-refractivity contribution in [2.75, 3.05) is 6.61 Å². The number of carbonyl (C=O) groups is 3. The first kappa shape index (κ1) is 19.0. The number of esters is 3. The van der Waals surface area contributed by atoms with Crippen molar-refractivity contribution < 1.29 is 33.0 Å². The van der Waals surface area contributed by atoms with E-state index in [1.165, 1.54) is 6.08 Å². The maximum absolute atomic E-state index is 12.3. The van der Waals surface area contributed by atoms with Crippen LogP contribution in [0.15, 0.2) is 46.4 Å². The van der Waals surface area contributed by atoms with Gasteiger partial charge in [0.25, 0.3) is 5.79 Å². The van der Waals surface area contributed by atoms with Gasteiger partial charge >= 0.3 is 17.9 Å². The van der Waals surface area contributed by atoms with Crippen molar-refractivity contribution in [3.05, 3.63) is 53.3 Å². The zero-order valence-electron chi connectivity index (χ0n) is 15.9. The van der Waals surface area contributed by atoms with Crippen LogP contribution in [-0.2, 0) is 23.8 Å². The Balaban J connectivity index is 1.51. The highest BCUT2D eigenvalue weighted by molar-refractivity contribution is 6.18. The van der Waals surface area contributed by atoms with Crippen molar-refractivity contribution in [1.82, 2.24) is 0 Å². The number of benzene rings is 1. The summed E-state index contributed by atoms with van der Waals surface area (Å²) in [5.74, 6) is -2.03. The van der Waals surface area contributed by atoms with E-state index in [0.29, 0.717) is 36.5 Å². The van der Waals surface area contributed by atoms with Crippen LogP contribution in [0.25, 0.3) is 17.4 Å². The molecule has 0 atom stereocenters. The Bertz CT molecular complexity index is 953. The lowest BCUT2D eigenvalue weighted by atomic mass is 10.1. The van der Waals surface area contributed by atoms with Gasteiger partial charge in [-0.25, -0.2) is 14.4 Å². The Morgan fingerprint density at radius 3 is 2.31 bits per heavy atom. The zero-order valence-corrected chi connectivity index (χ0v) is 15.9. The molecule has 0 bridgehead atoms. The Labute approximate surface area is 167 Å². The third-order valence-electron chi connectivity index (χ3n) is 4.96. The van der Waals surface area contributed by atoms with E-state index in [2.05, 4.69) is 0 Å². The summed E-state index contributed by atoms with van der Waals surface area (Å²) < 4.78 is 21.5. The SMILES string of the molecule is CCOC(=O)c1ccc(-c2ccc(C=C3C(=O)OC4(CCCC4)OC3=O)o2)cc1. The van der Waals surface area contributed by atoms with Crippen LogP contribution in [0.1, 0.15) is 48.7 Å². The molecule has 0 N–H and O–H groups in total. The molecule has 7 nitrogen and oxygen atoms in total. The number of rotatable bonds is 4. The standard InChI is InChI=1S/C22H20O7/c1-2-26-19(23)15-7-5-14(6-8-15)18-10-9-16(27-18)13-17-20(24)28-22(29-21(17)25)11-3-4-12-22/h5-10,13H,2-4,11-12H2,1H3. The summed E-state index contributed by atoms with van der Waals surface area (Å²) in [6.45, 7) is 2.05. The molecule has 0 amide bonds. The fourth-order valence-corrected chi connectivity index (χ4v) is 3.50. The van der Waals surface area contributed by atoms with Crippen LogP contribution in [0.4, 0.5) is 0 Å². The van der Waals surface area contributed by atoms with Crippen LogP contribution in [0, 0.1) is 0 Å². The molecule has 0 radical (unpaired) electrons. The molecule has 1 saturated carbocycles. The summed E-state index contributed by atoms with van der Waals surface area (Å²) in [4.78, 5) is 36.4. The smallest absolute Gasteiger partial charge is 0.349 e. The van der Waals surface area contributed by atoms with Crippen LogP contribution < -0.4 is 0 Å². The van der Waals surface area contributed by atoms with Crippen molar-refractivity contribution >= 4 is 24.0 Å². The second kappa shape index (κ2) is 7.58. The molecule has 1 aromatic heterocycles. The molecule has 2 heterocycles. The van der Waals surface area contributed by atoms with E-state index in [1.807, 2.05) is 0 Å². The van der Waals surface area contributed by atoms with Gasteiger partial charge in [-0.2, -0.15) is 0 Å². The fourth-order valence-electron chi connectivity index (χ4n) is 3.50. The monoisotopic (exact) mass is 396 g/mol. The number of furan rings is 1. The Morgan fingerprint density at radius 1 is 1.03 bits per heavy atom. The third-order valence-corrected chi connectivity index (χ3v) is 4.96. The minimum Gasteiger partial charge on any atom is -0.462 e. The van der Waals surface area contributed by atoms with Gasteiger partial charge in [-0.15, -0.1) is 0 Å². The number of ether oxygens (including phenoxy) is 3. The predicted octanol–water partition coefficient (Wildman–Crippen LogP) is 3.88. The van der Waals surface area contributed by atoms with Crippen LogP contribution in [-0.4, -0.2) is 30.3 Å². The summed E-state index contributed by atoms with van der Waals surface area (Å²) in [6.07, 6.45) is 4.10. The quantitative estimate of drug-likeness (QED) is 0.440. The van der Waals surface area contributed by atoms with E-state index in [4.69, 9.17) is 18.6 Å². The Kier molecular flexibility index (Phi) is 4.96. The second-order valence-electron chi connectivity index (χ2n) is 6.95. The van der Waals surface area contributed by atoms with Gasteiger partial charge in [-0.1, -0.05) is 12.1 Å². The topological polar surface area (TPSA) is 92.0 Å². The van der Waals surface area contributed by atoms with Gasteiger partial charge < -0.3 is 18.6 Å². The minimum atomic E-state index is -1.10. The molecule has 150 valence electrons. The van der Waals surface area contributed by atoms with Crippen molar-refractivity contribution in [3.8, 4) is 11.3 Å². The van der Waals surface area contributed by atoms with Crippen molar-refractivity contribution in [3.63, 3.8) is 0 Å². The Morgan fingerprint density at radius 2 is 1.69 bits per heavy atom. The number of hydrogen-bond donors (Lipinski definition) is 0. The van der Waals surface area contributed by atoms with Crippen molar-refractivity contribution in [2.45, 2.75) is 38.4 Å². The fraction of sp³-hybridized carbons (Fsp3) is 0.318. The summed E-state index contributed by atoms with van der Waals surface area (Å²) >= 11 is 0. The molecular weight excluding hydrogens is 376 g/mol. The lowest BCUT2D eigenvalue weighted by molar-refractivity contribution is -0.232. The molecule has 0 unspecified atom stereocenters. The predicted molar refractivity (Wildman–Crippen MR) is 101 cm³/mol. The van der Waals surface area contributed by atoms with Crippen LogP contribution in [0.5, 0.6) is 0 Å². The largest absolute Gasteiger partial charge is 0.462 e. The average Bonchev–Trinajstić information content (AvgIpc) is 3.35. The van der Waals surface area contributed by atoms with Gasteiger partial charge in [0, 0.05) is 24.5 Å². The lowest BCUT2D eigenvalue weighted by Gasteiger charge is -2.32. The number of carbonyl (C=O) groups excluding carboxylic acids is 3. The first-order chi connectivity index (χ1) is 14.0. The Hall–Kier alpha value is -3.35. The van der Waals surface area contributed by atoms with E-state index in [1.54, 1.807) is 43.3 Å². The number of hydrogen-bond acceptors (Lipinski definition) is 7. The molecule has 1 aliphatic heterocycles. The zero-order chi connectivity index (χ0) is 20.4. The summed E-state index contributed by atoms with van der Waals surface area (Å²) in [6, 6.07) is 10.1. The molecule has 2 aliphatic rings. The highest BCUT2D eigenvalue weighted by atomic mass is 16.7. The van der Waals surface area contributed by atoms with Crippen LogP contribution >= 0.6 is 0 Å². The molecule has 7 heteroatoms. The van der Waals surface area contributed by atoms with Gasteiger partial charge in [0.15, 0.2) is 0 Å². The molecule has 1 saturated heterocycles. The molecule has 4 rings (SSSR count). The highest BCUT2D eigenvalue weighted by Crippen LogP contribution is 2.38. The average molecular weight is 396 g/mol. The molecule has 29 heavy (non-hydrogen) atoms. The summed E-state index contributed by atoms with van der Waals surface area (Å²) in [7, 11) is 0. The first-order valence-electron chi connectivity index (χ1n) is 9.55. The van der Waals surface area contributed by atoms with Crippen LogP contribution in [0.2, 0.25) is 0 Å². The molecule has 2 aromatic rings. The van der Waals surface area contributed by atoms with Crippen molar-refractivity contribution in [1.29, 1.82) is 0 Å². The molecule has 2 fully saturated rings. The van der Waals surface area contributed by atoms with E-state index in [0.717, 1.165) is 18.4 Å². The van der Waals surface area contributed by atoms with E-state index in [9.17, 15) is 14.4 Å².